The van der Waals surface area contributed by atoms with Crippen molar-refractivity contribution >= 4 is 19.9 Å². The van der Waals surface area contributed by atoms with E-state index in [1.165, 1.54) is 6.42 Å². The lowest BCUT2D eigenvalue weighted by Gasteiger charge is -2.35. The van der Waals surface area contributed by atoms with Crippen LogP contribution >= 0.6 is 11.6 Å². The second-order valence-corrected chi connectivity index (χ2v) is 13.3. The smallest absolute Gasteiger partial charge is 0.192 e. The summed E-state index contributed by atoms with van der Waals surface area (Å²) in [5.41, 5.74) is 2.67. The van der Waals surface area contributed by atoms with Gasteiger partial charge in [-0.2, -0.15) is 0 Å². The molecule has 0 amide bonds. The molecule has 1 aromatic heterocycles. The Balaban J connectivity index is 3.07. The van der Waals surface area contributed by atoms with Crippen molar-refractivity contribution in [2.45, 2.75) is 92.0 Å². The summed E-state index contributed by atoms with van der Waals surface area (Å²) >= 11 is 6.52. The zero-order chi connectivity index (χ0) is 18.4. The van der Waals surface area contributed by atoms with Crippen LogP contribution in [0.15, 0.2) is 12.4 Å². The van der Waals surface area contributed by atoms with Crippen LogP contribution in [0.4, 0.5) is 0 Å². The first-order valence-electron chi connectivity index (χ1n) is 9.46. The Kier molecular flexibility index (Phi) is 8.44. The van der Waals surface area contributed by atoms with E-state index in [0.29, 0.717) is 5.41 Å². The van der Waals surface area contributed by atoms with Crippen LogP contribution in [0.3, 0.4) is 0 Å². The largest absolute Gasteiger partial charge is 0.410 e. The number of rotatable bonds is 9. The third-order valence-corrected chi connectivity index (χ3v) is 10.1. The summed E-state index contributed by atoms with van der Waals surface area (Å²) in [5, 5.41) is 0.752. The van der Waals surface area contributed by atoms with Crippen molar-refractivity contribution in [1.82, 2.24) is 4.98 Å². The summed E-state index contributed by atoms with van der Waals surface area (Å²) < 4.78 is 6.87. The van der Waals surface area contributed by atoms with E-state index < -0.39 is 8.32 Å². The molecule has 0 fully saturated rings. The summed E-state index contributed by atoms with van der Waals surface area (Å²) in [6, 6.07) is 3.49. The molecule has 1 heterocycles. The quantitative estimate of drug-likeness (QED) is 0.425. The molecule has 24 heavy (non-hydrogen) atoms. The minimum Gasteiger partial charge on any atom is -0.410 e. The number of hydrogen-bond acceptors (Lipinski definition) is 2. The fourth-order valence-electron chi connectivity index (χ4n) is 3.33. The van der Waals surface area contributed by atoms with Gasteiger partial charge in [0.2, 0.25) is 0 Å². The highest BCUT2D eigenvalue weighted by Gasteiger charge is 2.33. The first-order chi connectivity index (χ1) is 11.2. The zero-order valence-electron chi connectivity index (χ0n) is 16.7. The summed E-state index contributed by atoms with van der Waals surface area (Å²) in [5.74, 6) is 0. The normalized spacial score (nSPS) is 14.0. The third kappa shape index (κ3) is 6.16. The van der Waals surface area contributed by atoms with Gasteiger partial charge in [0.1, 0.15) is 0 Å². The van der Waals surface area contributed by atoms with Gasteiger partial charge in [0.25, 0.3) is 0 Å². The maximum absolute atomic E-state index is 6.87. The minimum absolute atomic E-state index is 0.106. The number of aryl methyl sites for hydroxylation is 1. The molecule has 0 aromatic carbocycles. The first-order valence-corrected chi connectivity index (χ1v) is 12.4. The minimum atomic E-state index is -1.68. The number of nitrogens with zero attached hydrogens (tertiary/aromatic N) is 1. The molecule has 0 aliphatic carbocycles. The fourth-order valence-corrected chi connectivity index (χ4v) is 6.50. The van der Waals surface area contributed by atoms with Crippen molar-refractivity contribution in [3.05, 3.63) is 28.5 Å². The Morgan fingerprint density at radius 1 is 1.12 bits per heavy atom. The highest BCUT2D eigenvalue weighted by atomic mass is 35.5. The average molecular weight is 370 g/mol. The first kappa shape index (κ1) is 21.7. The van der Waals surface area contributed by atoms with E-state index in [1.54, 1.807) is 6.20 Å². The van der Waals surface area contributed by atoms with Gasteiger partial charge in [-0.05, 0) is 48.9 Å². The van der Waals surface area contributed by atoms with Crippen molar-refractivity contribution in [2.75, 3.05) is 0 Å². The molecule has 0 saturated carbocycles. The molecule has 1 rings (SSSR count). The number of hydrogen-bond donors (Lipinski definition) is 0. The maximum atomic E-state index is 6.87. The van der Waals surface area contributed by atoms with Gasteiger partial charge < -0.3 is 4.43 Å². The van der Waals surface area contributed by atoms with Crippen molar-refractivity contribution in [2.24, 2.45) is 5.41 Å². The molecule has 0 radical (unpaired) electrons. The van der Waals surface area contributed by atoms with Gasteiger partial charge in [0, 0.05) is 18.0 Å². The molecule has 0 N–H and O–H groups in total. The maximum Gasteiger partial charge on any atom is 0.192 e. The summed E-state index contributed by atoms with van der Waals surface area (Å²) in [4.78, 5) is 4.23. The molecule has 2 nitrogen and oxygen atoms in total. The fraction of sp³-hybridized carbons (Fsp3) is 0.750. The van der Waals surface area contributed by atoms with Gasteiger partial charge in [0.05, 0.1) is 11.1 Å². The van der Waals surface area contributed by atoms with Gasteiger partial charge in [-0.25, -0.2) is 0 Å². The lowest BCUT2D eigenvalue weighted by Crippen LogP contribution is -2.37. The highest BCUT2D eigenvalue weighted by molar-refractivity contribution is 6.73. The predicted molar refractivity (Wildman–Crippen MR) is 108 cm³/mol. The van der Waals surface area contributed by atoms with Gasteiger partial charge >= 0.3 is 0 Å². The molecule has 0 saturated heterocycles. The molecule has 1 unspecified atom stereocenters. The van der Waals surface area contributed by atoms with Gasteiger partial charge in [-0.3, -0.25) is 4.98 Å². The van der Waals surface area contributed by atoms with E-state index in [-0.39, 0.29) is 6.10 Å². The molecule has 0 aliphatic heterocycles. The van der Waals surface area contributed by atoms with Crippen molar-refractivity contribution in [3.63, 3.8) is 0 Å². The Bertz CT molecular complexity index is 480. The van der Waals surface area contributed by atoms with Gasteiger partial charge in [0.15, 0.2) is 8.32 Å². The Labute approximate surface area is 155 Å². The number of aromatic nitrogens is 1. The molecule has 4 heteroatoms. The van der Waals surface area contributed by atoms with Crippen molar-refractivity contribution in [3.8, 4) is 0 Å². The van der Waals surface area contributed by atoms with Crippen LogP contribution in [-0.4, -0.2) is 13.3 Å². The van der Waals surface area contributed by atoms with E-state index >= 15 is 0 Å². The SMILES string of the molecule is CC[Si](CC)(CC)OC(CCCC(C)(C)C)c1c(C)cncc1Cl. The topological polar surface area (TPSA) is 22.1 Å². The average Bonchev–Trinajstić information content (AvgIpc) is 2.51. The van der Waals surface area contributed by atoms with Crippen LogP contribution in [0.1, 0.15) is 78.0 Å². The lowest BCUT2D eigenvalue weighted by atomic mass is 9.88. The summed E-state index contributed by atoms with van der Waals surface area (Å²) in [7, 11) is -1.68. The molecule has 138 valence electrons. The lowest BCUT2D eigenvalue weighted by molar-refractivity contribution is 0.169. The summed E-state index contributed by atoms with van der Waals surface area (Å²) in [6.45, 7) is 15.9. The second-order valence-electron chi connectivity index (χ2n) is 8.15. The molecule has 0 aliphatic rings. The molecular formula is C20H36ClNOSi. The number of pyridine rings is 1. The summed E-state index contributed by atoms with van der Waals surface area (Å²) in [6.07, 6.45) is 7.18. The van der Waals surface area contributed by atoms with Gasteiger partial charge in [-0.15, -0.1) is 0 Å². The second kappa shape index (κ2) is 9.35. The Morgan fingerprint density at radius 3 is 2.17 bits per heavy atom. The Morgan fingerprint density at radius 2 is 1.71 bits per heavy atom. The van der Waals surface area contributed by atoms with Crippen molar-refractivity contribution in [1.29, 1.82) is 0 Å². The van der Waals surface area contributed by atoms with Crippen LogP contribution in [0.5, 0.6) is 0 Å². The molecule has 1 atom stereocenters. The van der Waals surface area contributed by atoms with Gasteiger partial charge in [-0.1, -0.05) is 59.6 Å². The molecule has 1 aromatic rings. The molecule has 0 bridgehead atoms. The highest BCUT2D eigenvalue weighted by Crippen LogP contribution is 2.38. The van der Waals surface area contributed by atoms with Crippen LogP contribution in [0.25, 0.3) is 0 Å². The van der Waals surface area contributed by atoms with Crippen LogP contribution in [0, 0.1) is 12.3 Å². The van der Waals surface area contributed by atoms with E-state index in [2.05, 4.69) is 53.5 Å². The number of halogens is 1. The van der Waals surface area contributed by atoms with Crippen LogP contribution in [0.2, 0.25) is 23.2 Å². The van der Waals surface area contributed by atoms with E-state index in [9.17, 15) is 0 Å². The third-order valence-electron chi connectivity index (χ3n) is 5.18. The monoisotopic (exact) mass is 369 g/mol. The van der Waals surface area contributed by atoms with E-state index in [1.807, 2.05) is 6.20 Å². The Hall–Kier alpha value is -0.383. The molecular weight excluding hydrogens is 334 g/mol. The van der Waals surface area contributed by atoms with Crippen LogP contribution in [-0.2, 0) is 4.43 Å². The van der Waals surface area contributed by atoms with Crippen molar-refractivity contribution < 1.29 is 4.43 Å². The van der Waals surface area contributed by atoms with E-state index in [4.69, 9.17) is 16.0 Å². The zero-order valence-corrected chi connectivity index (χ0v) is 18.5. The predicted octanol–water partition coefficient (Wildman–Crippen LogP) is 7.32. The van der Waals surface area contributed by atoms with Crippen LogP contribution < -0.4 is 0 Å². The molecule has 0 spiro atoms. The van der Waals surface area contributed by atoms with E-state index in [0.717, 1.165) is 47.1 Å². The standard InChI is InChI=1S/C20H36ClNOSi/c1-8-24(9-2,10-3)23-18(12-11-13-20(5,6)7)19-16(4)14-22-15-17(19)21/h14-15,18H,8-13H2,1-7H3.